The van der Waals surface area contributed by atoms with Gasteiger partial charge in [0.05, 0.1) is 6.42 Å². The summed E-state index contributed by atoms with van der Waals surface area (Å²) in [6.07, 6.45) is -1.61. The summed E-state index contributed by atoms with van der Waals surface area (Å²) >= 11 is 0. The topological polar surface area (TPSA) is 102 Å². The quantitative estimate of drug-likeness (QED) is 0.322. The van der Waals surface area contributed by atoms with E-state index in [1.807, 2.05) is 42.5 Å². The Balaban J connectivity index is 1.51. The Hall–Kier alpha value is -4.46. The smallest absolute Gasteiger partial charge is 0.412 e. The summed E-state index contributed by atoms with van der Waals surface area (Å²) < 4.78 is 24.8. The maximum atomic E-state index is 14.0. The van der Waals surface area contributed by atoms with Crippen molar-refractivity contribution >= 4 is 17.7 Å². The number of hydrogen-bond acceptors (Lipinski definition) is 5. The molecule has 178 valence electrons. The van der Waals surface area contributed by atoms with Crippen molar-refractivity contribution in [1.29, 1.82) is 0 Å². The second kappa shape index (κ2) is 10.2. The highest BCUT2D eigenvalue weighted by Gasteiger charge is 2.21. The van der Waals surface area contributed by atoms with Crippen molar-refractivity contribution in [3.63, 3.8) is 0 Å². The number of rotatable bonds is 7. The van der Waals surface area contributed by atoms with E-state index in [4.69, 9.17) is 14.4 Å². The fraction of sp³-hybridized carbons (Fsp3) is 0.148. The summed E-state index contributed by atoms with van der Waals surface area (Å²) in [6, 6.07) is 20.8. The van der Waals surface area contributed by atoms with Gasteiger partial charge in [-0.15, -0.1) is 0 Å². The highest BCUT2D eigenvalue weighted by molar-refractivity contribution is 5.91. The molecule has 0 fully saturated rings. The Morgan fingerprint density at radius 3 is 2.46 bits per heavy atom. The number of benzene rings is 3. The van der Waals surface area contributed by atoms with Crippen molar-refractivity contribution in [2.45, 2.75) is 26.4 Å². The third-order valence-electron chi connectivity index (χ3n) is 5.48. The van der Waals surface area contributed by atoms with Crippen LogP contribution in [0.1, 0.15) is 29.8 Å². The molecule has 0 saturated heterocycles. The van der Waals surface area contributed by atoms with Crippen LogP contribution in [0, 0.1) is 12.7 Å². The second-order valence-corrected chi connectivity index (χ2v) is 8.01. The lowest BCUT2D eigenvalue weighted by atomic mass is 10.00. The van der Waals surface area contributed by atoms with Gasteiger partial charge in [0, 0.05) is 11.1 Å². The van der Waals surface area contributed by atoms with Crippen LogP contribution in [0.3, 0.4) is 0 Å². The van der Waals surface area contributed by atoms with E-state index in [-0.39, 0.29) is 12.0 Å². The summed E-state index contributed by atoms with van der Waals surface area (Å²) in [6.45, 7) is 3.27. The first-order chi connectivity index (χ1) is 16.8. The van der Waals surface area contributed by atoms with E-state index in [1.165, 1.54) is 6.07 Å². The lowest BCUT2D eigenvalue weighted by molar-refractivity contribution is -0.136. The fourth-order valence-corrected chi connectivity index (χ4v) is 3.72. The molecule has 1 heterocycles. The molecule has 8 heteroatoms. The number of nitrogens with one attached hydrogen (secondary N) is 1. The van der Waals surface area contributed by atoms with Crippen molar-refractivity contribution < 1.29 is 28.3 Å². The lowest BCUT2D eigenvalue weighted by Crippen LogP contribution is -2.17. The third kappa shape index (κ3) is 5.55. The molecule has 2 N–H and O–H groups in total. The van der Waals surface area contributed by atoms with Gasteiger partial charge in [0.2, 0.25) is 0 Å². The average molecular weight is 474 g/mol. The van der Waals surface area contributed by atoms with Gasteiger partial charge in [-0.3, -0.25) is 10.1 Å². The molecule has 0 bridgehead atoms. The Labute approximate surface area is 201 Å². The molecular formula is C27H23FN2O5. The number of hydrogen-bond donors (Lipinski definition) is 2. The first kappa shape index (κ1) is 23.7. The number of carboxylic acid groups (broad SMARTS) is 1. The minimum atomic E-state index is -0.889. The van der Waals surface area contributed by atoms with Gasteiger partial charge in [-0.05, 0) is 36.6 Å². The number of anilines is 1. The summed E-state index contributed by atoms with van der Waals surface area (Å²) in [7, 11) is 0. The predicted octanol–water partition coefficient (Wildman–Crippen LogP) is 6.39. The first-order valence-corrected chi connectivity index (χ1v) is 10.9. The molecule has 1 aromatic heterocycles. The van der Waals surface area contributed by atoms with Crippen molar-refractivity contribution in [2.24, 2.45) is 0 Å². The third-order valence-corrected chi connectivity index (χ3v) is 5.48. The van der Waals surface area contributed by atoms with Gasteiger partial charge < -0.3 is 14.4 Å². The standard InChI is InChI=1S/C27H23FN2O5/c1-16-25(29-27(33)34-17(2)22-8-3-4-9-23(22)28)26(35-30-16)20-12-10-19(11-13-20)21-7-5-6-18(14-21)15-24(31)32/h3-14,17H,15H2,1-2H3,(H,29,33)(H,31,32). The zero-order chi connectivity index (χ0) is 24.9. The van der Waals surface area contributed by atoms with Gasteiger partial charge in [-0.25, -0.2) is 9.18 Å². The van der Waals surface area contributed by atoms with Crippen LogP contribution in [0.4, 0.5) is 14.9 Å². The van der Waals surface area contributed by atoms with E-state index >= 15 is 0 Å². The summed E-state index contributed by atoms with van der Waals surface area (Å²) in [5, 5.41) is 15.6. The molecule has 4 aromatic rings. The van der Waals surface area contributed by atoms with Gasteiger partial charge in [-0.1, -0.05) is 71.9 Å². The van der Waals surface area contributed by atoms with Gasteiger partial charge in [-0.2, -0.15) is 0 Å². The van der Waals surface area contributed by atoms with Crippen molar-refractivity contribution in [3.8, 4) is 22.5 Å². The highest BCUT2D eigenvalue weighted by Crippen LogP contribution is 2.33. The van der Waals surface area contributed by atoms with E-state index in [0.717, 1.165) is 11.1 Å². The van der Waals surface area contributed by atoms with E-state index < -0.39 is 24.0 Å². The number of aromatic nitrogens is 1. The lowest BCUT2D eigenvalue weighted by Gasteiger charge is -2.15. The molecular weight excluding hydrogens is 451 g/mol. The summed E-state index contributed by atoms with van der Waals surface area (Å²) in [5.41, 5.74) is 4.24. The van der Waals surface area contributed by atoms with E-state index in [9.17, 15) is 14.0 Å². The van der Waals surface area contributed by atoms with Crippen LogP contribution in [0.2, 0.25) is 0 Å². The van der Waals surface area contributed by atoms with Gasteiger partial charge in [0.1, 0.15) is 23.3 Å². The molecule has 0 saturated carbocycles. The highest BCUT2D eigenvalue weighted by atomic mass is 19.1. The summed E-state index contributed by atoms with van der Waals surface area (Å²) in [5.74, 6) is -0.993. The molecule has 0 radical (unpaired) electrons. The van der Waals surface area contributed by atoms with E-state index in [2.05, 4.69) is 10.5 Å². The molecule has 0 spiro atoms. The second-order valence-electron chi connectivity index (χ2n) is 8.01. The molecule has 3 aromatic carbocycles. The van der Waals surface area contributed by atoms with Gasteiger partial charge >= 0.3 is 12.1 Å². The van der Waals surface area contributed by atoms with Crippen molar-refractivity contribution in [3.05, 3.63) is 95.4 Å². The number of carboxylic acids is 1. The first-order valence-electron chi connectivity index (χ1n) is 10.9. The van der Waals surface area contributed by atoms with Gasteiger partial charge in [0.15, 0.2) is 5.76 Å². The van der Waals surface area contributed by atoms with Crippen LogP contribution in [0.15, 0.2) is 77.3 Å². The number of aliphatic carboxylic acids is 1. The number of aryl methyl sites for hydroxylation is 1. The Morgan fingerprint density at radius 2 is 1.74 bits per heavy atom. The average Bonchev–Trinajstić information content (AvgIpc) is 3.19. The number of amides is 1. The summed E-state index contributed by atoms with van der Waals surface area (Å²) in [4.78, 5) is 23.5. The molecule has 0 aliphatic rings. The SMILES string of the molecule is Cc1noc(-c2ccc(-c3cccc(CC(=O)O)c3)cc2)c1NC(=O)OC(C)c1ccccc1F. The Morgan fingerprint density at radius 1 is 1.03 bits per heavy atom. The van der Waals surface area contributed by atoms with Crippen LogP contribution >= 0.6 is 0 Å². The van der Waals surface area contributed by atoms with Crippen LogP contribution in [-0.4, -0.2) is 22.3 Å². The van der Waals surface area contributed by atoms with Crippen LogP contribution < -0.4 is 5.32 Å². The zero-order valence-electron chi connectivity index (χ0n) is 19.1. The number of nitrogens with zero attached hydrogens (tertiary/aromatic N) is 1. The number of halogens is 1. The molecule has 1 unspecified atom stereocenters. The fourth-order valence-electron chi connectivity index (χ4n) is 3.72. The zero-order valence-corrected chi connectivity index (χ0v) is 19.1. The molecule has 7 nitrogen and oxygen atoms in total. The largest absolute Gasteiger partial charge is 0.481 e. The number of ether oxygens (including phenoxy) is 1. The monoisotopic (exact) mass is 474 g/mol. The molecule has 0 aliphatic carbocycles. The van der Waals surface area contributed by atoms with Gasteiger partial charge in [0.25, 0.3) is 0 Å². The van der Waals surface area contributed by atoms with E-state index in [0.29, 0.717) is 28.3 Å². The van der Waals surface area contributed by atoms with Crippen molar-refractivity contribution in [1.82, 2.24) is 5.16 Å². The predicted molar refractivity (Wildman–Crippen MR) is 128 cm³/mol. The number of carbonyl (C=O) groups is 2. The van der Waals surface area contributed by atoms with Crippen LogP contribution in [0.25, 0.3) is 22.5 Å². The molecule has 1 amide bonds. The minimum absolute atomic E-state index is 0.0517. The van der Waals surface area contributed by atoms with E-state index in [1.54, 1.807) is 38.1 Å². The van der Waals surface area contributed by atoms with Crippen LogP contribution in [0.5, 0.6) is 0 Å². The Kier molecular flexibility index (Phi) is 6.91. The maximum absolute atomic E-state index is 14.0. The molecule has 4 rings (SSSR count). The Bertz CT molecular complexity index is 1360. The normalized spacial score (nSPS) is 11.6. The van der Waals surface area contributed by atoms with Crippen molar-refractivity contribution in [2.75, 3.05) is 5.32 Å². The minimum Gasteiger partial charge on any atom is -0.481 e. The van der Waals surface area contributed by atoms with Crippen LogP contribution in [-0.2, 0) is 16.0 Å². The molecule has 0 aliphatic heterocycles. The molecule has 1 atom stereocenters. The maximum Gasteiger partial charge on any atom is 0.412 e. The molecule has 35 heavy (non-hydrogen) atoms. The number of carbonyl (C=O) groups excluding carboxylic acids is 1.